The first-order valence-electron chi connectivity index (χ1n) is 3.32. The normalized spacial score (nSPS) is 10.5. The van der Waals surface area contributed by atoms with E-state index in [1.54, 1.807) is 0 Å². The summed E-state index contributed by atoms with van der Waals surface area (Å²) < 4.78 is 0. The Labute approximate surface area is 71.5 Å². The molecular formula is C7H6N2O4. The zero-order valence-electron chi connectivity index (χ0n) is 6.40. The zero-order chi connectivity index (χ0) is 9.84. The SMILES string of the molecule is O=C(O)C=Cc1cc(=O)[nH][nH]c1=O. The van der Waals surface area contributed by atoms with E-state index in [0.29, 0.717) is 0 Å². The summed E-state index contributed by atoms with van der Waals surface area (Å²) in [6, 6.07) is 1.01. The second-order valence-electron chi connectivity index (χ2n) is 2.21. The Bertz CT molecular complexity index is 454. The minimum Gasteiger partial charge on any atom is -0.478 e. The standard InChI is InChI=1S/C7H6N2O4/c10-5-3-4(1-2-6(11)12)7(13)9-8-5/h1-3H,(H,8,10)(H,9,13)(H,11,12). The molecule has 0 radical (unpaired) electrons. The van der Waals surface area contributed by atoms with Crippen LogP contribution in [-0.4, -0.2) is 21.3 Å². The first kappa shape index (κ1) is 8.98. The van der Waals surface area contributed by atoms with Gasteiger partial charge in [-0.05, 0) is 6.08 Å². The maximum absolute atomic E-state index is 10.9. The topological polar surface area (TPSA) is 103 Å². The van der Waals surface area contributed by atoms with Gasteiger partial charge in [0.25, 0.3) is 11.1 Å². The number of rotatable bonds is 2. The molecule has 0 fully saturated rings. The second kappa shape index (κ2) is 3.53. The largest absolute Gasteiger partial charge is 0.478 e. The molecule has 13 heavy (non-hydrogen) atoms. The molecule has 0 amide bonds. The average molecular weight is 182 g/mol. The van der Waals surface area contributed by atoms with Crippen LogP contribution in [0.1, 0.15) is 5.56 Å². The Morgan fingerprint density at radius 1 is 1.38 bits per heavy atom. The molecular weight excluding hydrogens is 176 g/mol. The second-order valence-corrected chi connectivity index (χ2v) is 2.21. The van der Waals surface area contributed by atoms with Crippen molar-refractivity contribution < 1.29 is 9.90 Å². The fraction of sp³-hybridized carbons (Fsp3) is 0. The average Bonchev–Trinajstić information content (AvgIpc) is 2.06. The van der Waals surface area contributed by atoms with Gasteiger partial charge in [-0.3, -0.25) is 19.8 Å². The van der Waals surface area contributed by atoms with Crippen molar-refractivity contribution in [1.29, 1.82) is 0 Å². The number of aromatic amines is 2. The molecule has 6 heteroatoms. The molecule has 0 aromatic carbocycles. The molecule has 0 aliphatic rings. The van der Waals surface area contributed by atoms with E-state index >= 15 is 0 Å². The summed E-state index contributed by atoms with van der Waals surface area (Å²) in [6.07, 6.45) is 1.83. The van der Waals surface area contributed by atoms with Crippen LogP contribution < -0.4 is 11.1 Å². The van der Waals surface area contributed by atoms with Crippen LogP contribution in [-0.2, 0) is 4.79 Å². The number of nitrogens with one attached hydrogen (secondary N) is 2. The highest BCUT2D eigenvalue weighted by Crippen LogP contribution is 1.87. The predicted molar refractivity (Wildman–Crippen MR) is 44.4 cm³/mol. The van der Waals surface area contributed by atoms with Crippen molar-refractivity contribution in [3.63, 3.8) is 0 Å². The minimum absolute atomic E-state index is 0.00569. The summed E-state index contributed by atoms with van der Waals surface area (Å²) in [7, 11) is 0. The molecule has 1 heterocycles. The van der Waals surface area contributed by atoms with Crippen LogP contribution in [0, 0.1) is 0 Å². The summed E-state index contributed by atoms with van der Waals surface area (Å²) in [4.78, 5) is 31.7. The van der Waals surface area contributed by atoms with Crippen molar-refractivity contribution in [2.45, 2.75) is 0 Å². The van der Waals surface area contributed by atoms with E-state index in [9.17, 15) is 14.4 Å². The summed E-state index contributed by atoms with van der Waals surface area (Å²) in [6.45, 7) is 0. The van der Waals surface area contributed by atoms with E-state index in [1.807, 2.05) is 0 Å². The Morgan fingerprint density at radius 2 is 2.08 bits per heavy atom. The van der Waals surface area contributed by atoms with E-state index in [-0.39, 0.29) is 5.56 Å². The predicted octanol–water partition coefficient (Wildman–Crippen LogP) is -0.839. The molecule has 1 aromatic rings. The van der Waals surface area contributed by atoms with Crippen molar-refractivity contribution >= 4 is 12.0 Å². The van der Waals surface area contributed by atoms with Crippen molar-refractivity contribution in [3.8, 4) is 0 Å². The molecule has 68 valence electrons. The van der Waals surface area contributed by atoms with Gasteiger partial charge in [-0.15, -0.1) is 0 Å². The van der Waals surface area contributed by atoms with Gasteiger partial charge in [-0.25, -0.2) is 4.79 Å². The van der Waals surface area contributed by atoms with Gasteiger partial charge in [-0.2, -0.15) is 0 Å². The van der Waals surface area contributed by atoms with E-state index in [2.05, 4.69) is 10.2 Å². The van der Waals surface area contributed by atoms with Gasteiger partial charge in [-0.1, -0.05) is 0 Å². The highest BCUT2D eigenvalue weighted by Gasteiger charge is 1.96. The number of hydrogen-bond donors (Lipinski definition) is 3. The summed E-state index contributed by atoms with van der Waals surface area (Å²) in [5, 5.41) is 12.4. The smallest absolute Gasteiger partial charge is 0.328 e. The lowest BCUT2D eigenvalue weighted by molar-refractivity contribution is -0.131. The number of aliphatic carboxylic acids is 1. The lowest BCUT2D eigenvalue weighted by Crippen LogP contribution is -2.19. The van der Waals surface area contributed by atoms with Crippen molar-refractivity contribution in [2.24, 2.45) is 0 Å². The molecule has 0 unspecified atom stereocenters. The Morgan fingerprint density at radius 3 is 2.69 bits per heavy atom. The molecule has 0 bridgehead atoms. The fourth-order valence-corrected chi connectivity index (χ4v) is 0.718. The van der Waals surface area contributed by atoms with Crippen LogP contribution in [0.15, 0.2) is 21.7 Å². The van der Waals surface area contributed by atoms with E-state index in [1.165, 1.54) is 0 Å². The Hall–Kier alpha value is -2.11. The highest BCUT2D eigenvalue weighted by molar-refractivity contribution is 5.85. The number of carboxylic acid groups (broad SMARTS) is 1. The number of aromatic nitrogens is 2. The van der Waals surface area contributed by atoms with Crippen LogP contribution in [0.4, 0.5) is 0 Å². The first-order chi connectivity index (χ1) is 6.09. The number of H-pyrrole nitrogens is 2. The van der Waals surface area contributed by atoms with Crippen molar-refractivity contribution in [2.75, 3.05) is 0 Å². The van der Waals surface area contributed by atoms with Crippen LogP contribution in [0.3, 0.4) is 0 Å². The third-order valence-corrected chi connectivity index (χ3v) is 1.25. The van der Waals surface area contributed by atoms with Gasteiger partial charge in [0.15, 0.2) is 0 Å². The van der Waals surface area contributed by atoms with E-state index in [0.717, 1.165) is 18.2 Å². The molecule has 0 aliphatic heterocycles. The molecule has 1 aromatic heterocycles. The minimum atomic E-state index is -1.18. The van der Waals surface area contributed by atoms with Gasteiger partial charge >= 0.3 is 5.97 Å². The Kier molecular flexibility index (Phi) is 2.44. The lowest BCUT2D eigenvalue weighted by atomic mass is 10.3. The molecule has 0 aliphatic carbocycles. The maximum atomic E-state index is 10.9. The highest BCUT2D eigenvalue weighted by atomic mass is 16.4. The lowest BCUT2D eigenvalue weighted by Gasteiger charge is -1.88. The van der Waals surface area contributed by atoms with E-state index in [4.69, 9.17) is 5.11 Å². The van der Waals surface area contributed by atoms with Crippen LogP contribution in [0.25, 0.3) is 6.08 Å². The maximum Gasteiger partial charge on any atom is 0.328 e. The fourth-order valence-electron chi connectivity index (χ4n) is 0.718. The molecule has 0 saturated heterocycles. The van der Waals surface area contributed by atoms with E-state index < -0.39 is 17.1 Å². The van der Waals surface area contributed by atoms with Gasteiger partial charge in [0.05, 0.1) is 0 Å². The zero-order valence-corrected chi connectivity index (χ0v) is 6.40. The number of carbonyl (C=O) groups is 1. The van der Waals surface area contributed by atoms with Crippen LogP contribution >= 0.6 is 0 Å². The summed E-state index contributed by atoms with van der Waals surface area (Å²) in [5.41, 5.74) is -1.03. The van der Waals surface area contributed by atoms with Gasteiger partial charge in [0, 0.05) is 17.7 Å². The molecule has 1 rings (SSSR count). The van der Waals surface area contributed by atoms with Gasteiger partial charge < -0.3 is 5.11 Å². The summed E-state index contributed by atoms with van der Waals surface area (Å²) in [5.74, 6) is -1.18. The third kappa shape index (κ3) is 2.44. The number of carboxylic acids is 1. The summed E-state index contributed by atoms with van der Waals surface area (Å²) >= 11 is 0. The van der Waals surface area contributed by atoms with Crippen LogP contribution in [0.5, 0.6) is 0 Å². The van der Waals surface area contributed by atoms with Gasteiger partial charge in [0.2, 0.25) is 0 Å². The molecule has 0 atom stereocenters. The van der Waals surface area contributed by atoms with Crippen LogP contribution in [0.2, 0.25) is 0 Å². The quantitative estimate of drug-likeness (QED) is 0.519. The number of hydrogen-bond acceptors (Lipinski definition) is 3. The molecule has 0 spiro atoms. The molecule has 3 N–H and O–H groups in total. The third-order valence-electron chi connectivity index (χ3n) is 1.25. The molecule has 6 nitrogen and oxygen atoms in total. The Balaban J connectivity index is 3.15. The van der Waals surface area contributed by atoms with Crippen molar-refractivity contribution in [3.05, 3.63) is 38.4 Å². The molecule has 0 saturated carbocycles. The monoisotopic (exact) mass is 182 g/mol. The first-order valence-corrected chi connectivity index (χ1v) is 3.32. The van der Waals surface area contributed by atoms with Gasteiger partial charge in [0.1, 0.15) is 0 Å². The van der Waals surface area contributed by atoms with Crippen molar-refractivity contribution in [1.82, 2.24) is 10.2 Å².